The molecule has 6 aromatic carbocycles. The van der Waals surface area contributed by atoms with Crippen molar-refractivity contribution in [1.82, 2.24) is 4.98 Å². The van der Waals surface area contributed by atoms with Crippen molar-refractivity contribution in [3.8, 4) is 5.75 Å². The Morgan fingerprint density at radius 2 is 0.703 bits per heavy atom. The van der Waals surface area contributed by atoms with Gasteiger partial charge in [0.1, 0.15) is 29.5 Å². The van der Waals surface area contributed by atoms with Gasteiger partial charge in [-0.3, -0.25) is 9.19 Å². The monoisotopic (exact) mass is 1690 g/mol. The van der Waals surface area contributed by atoms with Crippen molar-refractivity contribution in [3.63, 3.8) is 0 Å². The van der Waals surface area contributed by atoms with E-state index in [0.29, 0.717) is 65.1 Å². The number of hydrogen-bond acceptors (Lipinski definition) is 20. The number of hydrogen-bond donors (Lipinski definition) is 1. The molecule has 5 aliphatic heterocycles. The van der Waals surface area contributed by atoms with E-state index >= 15 is 0 Å². The summed E-state index contributed by atoms with van der Waals surface area (Å²) < 4.78 is 119. The number of pyridine rings is 1. The molecule has 6 heterocycles. The second-order valence-electron chi connectivity index (χ2n) is 35.1. The Morgan fingerprint density at radius 3 is 1.04 bits per heavy atom. The molecular formula is C95H139NO19SSi2. The number of aryl methyl sites for hydroxylation is 1. The molecule has 5 aliphatic rings. The van der Waals surface area contributed by atoms with Crippen molar-refractivity contribution < 1.29 is 89.2 Å². The number of aromatic nitrogens is 1. The highest BCUT2D eigenvalue weighted by Gasteiger charge is 2.49. The lowest BCUT2D eigenvalue weighted by atomic mass is 9.87. The Labute approximate surface area is 710 Å². The molecule has 21 atom stereocenters. The summed E-state index contributed by atoms with van der Waals surface area (Å²) in [5.41, 5.74) is 8.97. The van der Waals surface area contributed by atoms with Gasteiger partial charge in [-0.1, -0.05) is 201 Å². The largest absolute Gasteiger partial charge is 0.497 e. The fourth-order valence-electron chi connectivity index (χ4n) is 14.5. The van der Waals surface area contributed by atoms with E-state index < -0.39 is 63.8 Å². The van der Waals surface area contributed by atoms with Crippen molar-refractivity contribution in [1.29, 1.82) is 0 Å². The maximum Gasteiger partial charge on any atom is 0.184 e. The molecule has 0 amide bonds. The van der Waals surface area contributed by atoms with Crippen LogP contribution >= 0.6 is 0 Å². The predicted molar refractivity (Wildman–Crippen MR) is 469 cm³/mol. The molecule has 0 saturated carbocycles. The van der Waals surface area contributed by atoms with Crippen LogP contribution in [0.3, 0.4) is 0 Å². The molecule has 0 spiro atoms. The molecule has 1 N–H and O–H groups in total. The van der Waals surface area contributed by atoms with E-state index in [9.17, 15) is 9.32 Å². The molecule has 12 rings (SSSR count). The van der Waals surface area contributed by atoms with Crippen molar-refractivity contribution >= 4 is 27.4 Å². The van der Waals surface area contributed by atoms with Gasteiger partial charge >= 0.3 is 0 Å². The molecule has 21 unspecified atom stereocenters. The van der Waals surface area contributed by atoms with Gasteiger partial charge in [0.2, 0.25) is 0 Å². The number of rotatable bonds is 28. The highest BCUT2D eigenvalue weighted by molar-refractivity contribution is 7.85. The first-order valence-electron chi connectivity index (χ1n) is 41.6. The summed E-state index contributed by atoms with van der Waals surface area (Å²) in [5.74, 6) is 0.737. The fourth-order valence-corrected chi connectivity index (χ4v) is 18.2. The summed E-state index contributed by atoms with van der Waals surface area (Å²) >= 11 is 0. The molecule has 20 nitrogen and oxygen atoms in total. The molecule has 0 radical (unpaired) electrons. The van der Waals surface area contributed by atoms with Crippen LogP contribution in [0.5, 0.6) is 5.75 Å². The topological polar surface area (TPSA) is 207 Å². The van der Waals surface area contributed by atoms with Gasteiger partial charge in [0.15, 0.2) is 41.8 Å². The van der Waals surface area contributed by atoms with Crippen molar-refractivity contribution in [2.75, 3.05) is 21.3 Å². The zero-order chi connectivity index (χ0) is 84.6. The normalized spacial score (nSPS) is 28.4. The van der Waals surface area contributed by atoms with Crippen LogP contribution in [0.4, 0.5) is 0 Å². The van der Waals surface area contributed by atoms with Crippen molar-refractivity contribution in [3.05, 3.63) is 233 Å². The minimum Gasteiger partial charge on any atom is -0.497 e. The molecule has 23 heteroatoms. The molecule has 5 fully saturated rings. The first kappa shape index (κ1) is 97.6. The van der Waals surface area contributed by atoms with E-state index in [4.69, 9.17) is 84.9 Å². The molecule has 0 bridgehead atoms. The highest BCUT2D eigenvalue weighted by atomic mass is 32.2. The Balaban J connectivity index is 0.000000225. The zero-order valence-corrected chi connectivity index (χ0v) is 76.0. The first-order valence-corrected chi connectivity index (χ1v) is 49.6. The van der Waals surface area contributed by atoms with Gasteiger partial charge in [-0.2, -0.15) is 0 Å². The van der Waals surface area contributed by atoms with Crippen LogP contribution in [-0.4, -0.2) is 174 Å². The number of nitrogens with zero attached hydrogens (tertiary/aromatic N) is 1. The average Bonchev–Trinajstić information content (AvgIpc) is 0.783. The smallest absolute Gasteiger partial charge is 0.184 e. The second kappa shape index (κ2) is 46.6. The van der Waals surface area contributed by atoms with Crippen LogP contribution in [-0.2, 0) is 130 Å². The summed E-state index contributed by atoms with van der Waals surface area (Å²) in [4.78, 5) is 5.50. The fraction of sp³-hybridized carbons (Fsp3) is 0.568. The van der Waals surface area contributed by atoms with E-state index in [-0.39, 0.29) is 104 Å². The quantitative estimate of drug-likeness (QED) is 0.0452. The van der Waals surface area contributed by atoms with Crippen LogP contribution in [0.25, 0.3) is 0 Å². The van der Waals surface area contributed by atoms with Gasteiger partial charge in [0.25, 0.3) is 0 Å². The van der Waals surface area contributed by atoms with Crippen LogP contribution in [0.2, 0.25) is 39.3 Å². The van der Waals surface area contributed by atoms with Gasteiger partial charge in [0, 0.05) is 73.4 Å². The number of benzene rings is 6. The number of methoxy groups -OCH3 is 3. The third-order valence-corrected chi connectivity index (χ3v) is 24.3. The van der Waals surface area contributed by atoms with Gasteiger partial charge in [-0.05, 0) is 151 Å². The third kappa shape index (κ3) is 31.2. The third-order valence-electron chi connectivity index (χ3n) is 20.8. The minimum atomic E-state index is -1.91. The summed E-state index contributed by atoms with van der Waals surface area (Å²) in [5, 5.41) is 10.0. The maximum atomic E-state index is 13.2. The van der Waals surface area contributed by atoms with E-state index in [1.807, 2.05) is 174 Å². The summed E-state index contributed by atoms with van der Waals surface area (Å²) in [6.45, 7) is 40.7. The van der Waals surface area contributed by atoms with E-state index in [0.717, 1.165) is 38.5 Å². The minimum absolute atomic E-state index is 0. The molecule has 118 heavy (non-hydrogen) atoms. The van der Waals surface area contributed by atoms with Crippen molar-refractivity contribution in [2.45, 2.75) is 333 Å². The van der Waals surface area contributed by atoms with Gasteiger partial charge in [-0.15, -0.1) is 0 Å². The lowest BCUT2D eigenvalue weighted by Crippen LogP contribution is -2.58. The molecule has 0 aliphatic carbocycles. The molecular weight excluding hydrogens is 1550 g/mol. The molecule has 1 aromatic heterocycles. The Kier molecular flexibility index (Phi) is 38.6. The maximum absolute atomic E-state index is 13.2. The Bertz CT molecular complexity index is 3960. The SMILES string of the molecule is C.COC1CC(OCc2ccccc2)C(O)C(C)O1.COC1CC(OCc2ccccc2)C(OC2CC(OCc3ccccc3)C(OC3CC(OCc4ccccc4)C(O[Si](C)(C)C)C(C)O3)C(C)O2)C(C)O1.COc1ccc(S(=O)C2CC(OCc3ccccc3)C(O[Si](C)(C)C)C(C)O2)cc1.Cc1cc(C(C)(C)C)nc(C(C)(C)C)c1. The lowest BCUT2D eigenvalue weighted by molar-refractivity contribution is -0.339. The van der Waals surface area contributed by atoms with Gasteiger partial charge < -0.3 is 85.0 Å². The number of aliphatic hydroxyl groups is 1. The Hall–Kier alpha value is -5.83. The predicted octanol–water partition coefficient (Wildman–Crippen LogP) is 18.9. The molecule has 652 valence electrons. The summed E-state index contributed by atoms with van der Waals surface area (Å²) in [6.07, 6.45) is -3.76. The van der Waals surface area contributed by atoms with Crippen molar-refractivity contribution in [2.24, 2.45) is 0 Å². The second-order valence-corrected chi connectivity index (χ2v) is 45.7. The van der Waals surface area contributed by atoms with Gasteiger partial charge in [0.05, 0.1) is 124 Å². The first-order chi connectivity index (χ1) is 55.6. The van der Waals surface area contributed by atoms with Crippen LogP contribution in [0.15, 0.2) is 193 Å². The average molecular weight is 1690 g/mol. The molecule has 5 saturated heterocycles. The number of ether oxygens (including phenoxy) is 15. The van der Waals surface area contributed by atoms with E-state index in [1.165, 1.54) is 17.0 Å². The number of aliphatic hydroxyl groups excluding tert-OH is 1. The van der Waals surface area contributed by atoms with E-state index in [2.05, 4.69) is 136 Å². The van der Waals surface area contributed by atoms with Crippen LogP contribution < -0.4 is 4.74 Å². The zero-order valence-electron chi connectivity index (χ0n) is 73.2. The standard InChI is InChI=1S/C43H60O10Si.C23H32O5SSi.C14H23N.C14H20O4.CH4/c1-29-41(35(23-38(44-4)48-29)45-26-32-17-11-8-12-18-32)51-39-24-36(46-27-33-19-13-9-14-20-33)42(30(2)49-39)52-40-25-37(47-28-34-21-15-10-16-22-34)43(31(3)50-40)53-54(5,6)7;1-17-23(28-30(3,4)5)21(26-16-18-9-7-6-8-10-18)15-22(27-17)29(24)20-13-11-19(25-2)12-14-20;1-10-8-11(13(2,3)4)15-12(9-10)14(5,6)7;1-10-14(15)12(8-13(16-2)18-10)17-9-11-6-4-3-5-7-11;/h8-22,29-31,35-43H,23-28H2,1-7H3;6-14,17,21-23H,15-16H2,1-5H3;8-9H,1-7H3;3-7,10,12-15H,8-9H2,1-2H3;1H4. The summed E-state index contributed by atoms with van der Waals surface area (Å²) in [6, 6.07) is 62.2. The van der Waals surface area contributed by atoms with E-state index in [1.54, 1.807) is 21.3 Å². The van der Waals surface area contributed by atoms with Crippen LogP contribution in [0, 0.1) is 6.92 Å². The van der Waals surface area contributed by atoms with Crippen LogP contribution in [0.1, 0.15) is 160 Å². The Morgan fingerprint density at radius 1 is 0.407 bits per heavy atom. The van der Waals surface area contributed by atoms with Gasteiger partial charge in [-0.25, -0.2) is 0 Å². The highest BCUT2D eigenvalue weighted by Crippen LogP contribution is 2.38. The molecule has 7 aromatic rings. The lowest BCUT2D eigenvalue weighted by Gasteiger charge is -2.47. The summed E-state index contributed by atoms with van der Waals surface area (Å²) in [7, 11) is -0.159.